The number of amides is 1. The van der Waals surface area contributed by atoms with E-state index in [1.165, 1.54) is 0 Å². The molecule has 0 saturated carbocycles. The summed E-state index contributed by atoms with van der Waals surface area (Å²) >= 11 is 3.53. The lowest BCUT2D eigenvalue weighted by Crippen LogP contribution is -2.42. The Hall–Kier alpha value is -0.676. The summed E-state index contributed by atoms with van der Waals surface area (Å²) in [5, 5.41) is 0. The Balaban J connectivity index is 2.98. The van der Waals surface area contributed by atoms with Gasteiger partial charge in [0, 0.05) is 23.0 Å². The van der Waals surface area contributed by atoms with Crippen molar-refractivity contribution >= 4 is 41.5 Å². The van der Waals surface area contributed by atoms with Crippen molar-refractivity contribution in [2.75, 3.05) is 6.54 Å². The van der Waals surface area contributed by atoms with Gasteiger partial charge in [-0.05, 0) is 64.4 Å². The molecule has 1 rings (SSSR count). The van der Waals surface area contributed by atoms with Crippen molar-refractivity contribution in [3.05, 3.63) is 33.8 Å². The number of hydrogen-bond acceptors (Lipinski definition) is 4. The molecule has 0 aromatic heterocycles. The quantitative estimate of drug-likeness (QED) is 0.310. The van der Waals surface area contributed by atoms with Gasteiger partial charge in [0.2, 0.25) is 19.5 Å². The summed E-state index contributed by atoms with van der Waals surface area (Å²) in [7, 11) is 0.706. The molecule has 0 bridgehead atoms. The lowest BCUT2D eigenvalue weighted by Gasteiger charge is -2.36. The highest BCUT2D eigenvalue weighted by Gasteiger charge is 2.32. The molecule has 5 nitrogen and oxygen atoms in total. The van der Waals surface area contributed by atoms with Gasteiger partial charge in [-0.25, -0.2) is 4.79 Å². The topological polar surface area (TPSA) is 48.0 Å². The van der Waals surface area contributed by atoms with E-state index in [9.17, 15) is 4.79 Å². The van der Waals surface area contributed by atoms with E-state index in [0.717, 1.165) is 22.0 Å². The van der Waals surface area contributed by atoms with Gasteiger partial charge in [-0.15, -0.1) is 0 Å². The predicted molar refractivity (Wildman–Crippen MR) is 123 cm³/mol. The Labute approximate surface area is 189 Å². The second-order valence-corrected chi connectivity index (χ2v) is 10.8. The Morgan fingerprint density at radius 1 is 1.14 bits per heavy atom. The summed E-state index contributed by atoms with van der Waals surface area (Å²) in [6, 6.07) is 6.15. The minimum atomic E-state index is -0.540. The highest BCUT2D eigenvalue weighted by molar-refractivity contribution is 9.10. The molecule has 0 aliphatic rings. The van der Waals surface area contributed by atoms with Crippen LogP contribution in [0, 0.1) is 12.3 Å². The van der Waals surface area contributed by atoms with E-state index in [1.807, 2.05) is 52.9 Å². The van der Waals surface area contributed by atoms with Crippen LogP contribution in [0.15, 0.2) is 22.7 Å². The smallest absolute Gasteiger partial charge is 0.410 e. The minimum absolute atomic E-state index is 0.234. The fourth-order valence-corrected chi connectivity index (χ4v) is 4.19. The van der Waals surface area contributed by atoms with Crippen LogP contribution in [0.5, 0.6) is 0 Å². The molecule has 8 heteroatoms. The zero-order valence-electron chi connectivity index (χ0n) is 18.9. The summed E-state index contributed by atoms with van der Waals surface area (Å²) in [5.41, 5.74) is 1.44. The molecule has 4 radical (unpaired) electrons. The average molecular weight is 501 g/mol. The standard InChI is InChI=1S/C21H34BrNO4Si2/c1-15-13-16(9-10-17(15)22)14-23(19(24)25-20(2,3)4)12-11-21(5,6)18(26-28-7)27-29-8/h9-10,13,18H,11-12,14H2,1-8H3. The summed E-state index contributed by atoms with van der Waals surface area (Å²) in [5.74, 6) is 0. The second kappa shape index (κ2) is 11.6. The largest absolute Gasteiger partial charge is 0.444 e. The Morgan fingerprint density at radius 2 is 1.72 bits per heavy atom. The summed E-state index contributed by atoms with van der Waals surface area (Å²) in [6.07, 6.45) is 0.146. The zero-order chi connectivity index (χ0) is 22.2. The van der Waals surface area contributed by atoms with Crippen LogP contribution in [-0.2, 0) is 20.1 Å². The third-order valence-corrected chi connectivity index (χ3v) is 6.15. The second-order valence-electron chi connectivity index (χ2n) is 8.70. The molecule has 29 heavy (non-hydrogen) atoms. The highest BCUT2D eigenvalue weighted by Crippen LogP contribution is 2.29. The molecule has 162 valence electrons. The Kier molecular flexibility index (Phi) is 10.6. The number of nitrogens with zero attached hydrogens (tertiary/aromatic N) is 1. The van der Waals surface area contributed by atoms with Crippen molar-refractivity contribution in [2.24, 2.45) is 5.41 Å². The number of benzene rings is 1. The van der Waals surface area contributed by atoms with Crippen molar-refractivity contribution in [2.45, 2.75) is 79.5 Å². The van der Waals surface area contributed by atoms with Crippen LogP contribution in [0.1, 0.15) is 52.2 Å². The summed E-state index contributed by atoms with van der Waals surface area (Å²) in [6.45, 7) is 17.0. The number of hydrogen-bond donors (Lipinski definition) is 0. The van der Waals surface area contributed by atoms with Crippen molar-refractivity contribution in [3.63, 3.8) is 0 Å². The van der Waals surface area contributed by atoms with Gasteiger partial charge in [0.1, 0.15) is 11.9 Å². The molecule has 0 fully saturated rings. The number of aryl methyl sites for hydroxylation is 1. The lowest BCUT2D eigenvalue weighted by molar-refractivity contribution is -0.0849. The summed E-state index contributed by atoms with van der Waals surface area (Å²) in [4.78, 5) is 14.7. The lowest BCUT2D eigenvalue weighted by atomic mass is 9.88. The van der Waals surface area contributed by atoms with E-state index in [1.54, 1.807) is 4.90 Å². The molecule has 0 aliphatic heterocycles. The monoisotopic (exact) mass is 499 g/mol. The van der Waals surface area contributed by atoms with E-state index in [2.05, 4.69) is 35.8 Å². The normalized spacial score (nSPS) is 12.3. The first-order chi connectivity index (χ1) is 13.4. The van der Waals surface area contributed by atoms with E-state index < -0.39 is 5.60 Å². The van der Waals surface area contributed by atoms with Gasteiger partial charge >= 0.3 is 6.09 Å². The van der Waals surface area contributed by atoms with E-state index in [0.29, 0.717) is 32.6 Å². The van der Waals surface area contributed by atoms with Crippen molar-refractivity contribution in [1.29, 1.82) is 0 Å². The van der Waals surface area contributed by atoms with Gasteiger partial charge in [-0.1, -0.05) is 41.9 Å². The molecule has 0 aliphatic carbocycles. The molecule has 0 saturated heterocycles. The molecular formula is C21H34BrNO4Si2. The molecule has 0 spiro atoms. The maximum Gasteiger partial charge on any atom is 0.410 e. The van der Waals surface area contributed by atoms with Crippen molar-refractivity contribution in [1.82, 2.24) is 4.90 Å². The molecule has 1 aromatic carbocycles. The van der Waals surface area contributed by atoms with Crippen molar-refractivity contribution < 1.29 is 18.4 Å². The van der Waals surface area contributed by atoms with Gasteiger partial charge in [0.15, 0.2) is 0 Å². The van der Waals surface area contributed by atoms with E-state index >= 15 is 0 Å². The van der Waals surface area contributed by atoms with Crippen LogP contribution in [0.4, 0.5) is 4.79 Å². The van der Waals surface area contributed by atoms with Gasteiger partial charge < -0.3 is 18.5 Å². The average Bonchev–Trinajstić information content (AvgIpc) is 2.59. The Bertz CT molecular complexity index is 659. The highest BCUT2D eigenvalue weighted by atomic mass is 79.9. The minimum Gasteiger partial charge on any atom is -0.444 e. The van der Waals surface area contributed by atoms with Crippen LogP contribution in [0.25, 0.3) is 0 Å². The summed E-state index contributed by atoms with van der Waals surface area (Å²) < 4.78 is 18.4. The predicted octanol–water partition coefficient (Wildman–Crippen LogP) is 5.60. The third-order valence-electron chi connectivity index (χ3n) is 4.36. The SMILES string of the molecule is C[Si]OC(O[Si]C)C(C)(C)CCN(Cc1ccc(Br)c(C)c1)C(=O)OC(C)(C)C. The number of carbonyl (C=O) groups excluding carboxylic acids is 1. The van der Waals surface area contributed by atoms with Gasteiger partial charge in [0.25, 0.3) is 0 Å². The first kappa shape index (κ1) is 26.4. The maximum atomic E-state index is 12.9. The van der Waals surface area contributed by atoms with Gasteiger partial charge in [0.05, 0.1) is 0 Å². The number of halogens is 1. The van der Waals surface area contributed by atoms with E-state index in [4.69, 9.17) is 13.6 Å². The zero-order valence-corrected chi connectivity index (χ0v) is 22.5. The van der Waals surface area contributed by atoms with Crippen LogP contribution in [0.3, 0.4) is 0 Å². The third kappa shape index (κ3) is 9.34. The molecule has 1 aromatic rings. The number of rotatable bonds is 10. The van der Waals surface area contributed by atoms with Crippen LogP contribution < -0.4 is 0 Å². The fraction of sp³-hybridized carbons (Fsp3) is 0.667. The molecule has 0 atom stereocenters. The molecular weight excluding hydrogens is 466 g/mol. The van der Waals surface area contributed by atoms with Gasteiger partial charge in [-0.3, -0.25) is 0 Å². The Morgan fingerprint density at radius 3 is 2.21 bits per heavy atom. The fourth-order valence-electron chi connectivity index (χ4n) is 2.69. The molecule has 0 N–H and O–H groups in total. The maximum absolute atomic E-state index is 12.9. The van der Waals surface area contributed by atoms with Crippen LogP contribution in [0.2, 0.25) is 13.1 Å². The first-order valence-electron chi connectivity index (χ1n) is 9.77. The molecule has 0 heterocycles. The van der Waals surface area contributed by atoms with Crippen LogP contribution in [-0.4, -0.2) is 49.0 Å². The van der Waals surface area contributed by atoms with Gasteiger partial charge in [-0.2, -0.15) is 0 Å². The number of carbonyl (C=O) groups is 1. The van der Waals surface area contributed by atoms with Crippen LogP contribution >= 0.6 is 15.9 Å². The molecule has 1 amide bonds. The van der Waals surface area contributed by atoms with Crippen molar-refractivity contribution in [3.8, 4) is 0 Å². The number of ether oxygens (including phenoxy) is 1. The first-order valence-corrected chi connectivity index (χ1v) is 13.4. The van der Waals surface area contributed by atoms with E-state index in [-0.39, 0.29) is 17.8 Å². The molecule has 0 unspecified atom stereocenters.